The van der Waals surface area contributed by atoms with E-state index in [4.69, 9.17) is 18.9 Å². The van der Waals surface area contributed by atoms with Crippen LogP contribution >= 0.6 is 31.9 Å². The molecule has 1 aromatic heterocycles. The zero-order chi connectivity index (χ0) is 23.4. The average Bonchev–Trinajstić information content (AvgIpc) is 3.21. The van der Waals surface area contributed by atoms with Crippen molar-refractivity contribution in [3.05, 3.63) is 56.6 Å². The summed E-state index contributed by atoms with van der Waals surface area (Å²) in [6, 6.07) is 10.6. The van der Waals surface area contributed by atoms with E-state index in [2.05, 4.69) is 37.0 Å². The number of hydrogen-bond acceptors (Lipinski definition) is 7. The quantitative estimate of drug-likeness (QED) is 0.369. The predicted octanol–water partition coefficient (Wildman–Crippen LogP) is 5.04. The van der Waals surface area contributed by atoms with E-state index in [1.807, 2.05) is 13.0 Å². The minimum Gasteiger partial charge on any atom is -0.492 e. The van der Waals surface area contributed by atoms with E-state index in [0.717, 1.165) is 0 Å². The van der Waals surface area contributed by atoms with Gasteiger partial charge in [-0.3, -0.25) is 0 Å². The Kier molecular flexibility index (Phi) is 7.57. The van der Waals surface area contributed by atoms with E-state index in [1.165, 1.54) is 26.0 Å². The maximum Gasteiger partial charge on any atom is 0.357 e. The Morgan fingerprint density at radius 3 is 2.22 bits per heavy atom. The Morgan fingerprint density at radius 1 is 1.00 bits per heavy atom. The summed E-state index contributed by atoms with van der Waals surface area (Å²) < 4.78 is 23.6. The molecule has 0 aliphatic rings. The molecule has 1 heterocycles. The zero-order valence-electron chi connectivity index (χ0n) is 17.8. The van der Waals surface area contributed by atoms with Gasteiger partial charge in [-0.15, -0.1) is 0 Å². The van der Waals surface area contributed by atoms with Crippen LogP contribution < -0.4 is 9.47 Å². The van der Waals surface area contributed by atoms with Crippen molar-refractivity contribution in [2.45, 2.75) is 6.92 Å². The highest BCUT2D eigenvalue weighted by molar-refractivity contribution is 9.13. The van der Waals surface area contributed by atoms with Gasteiger partial charge in [-0.05, 0) is 57.0 Å². The number of halogens is 2. The van der Waals surface area contributed by atoms with E-state index in [1.54, 1.807) is 30.3 Å². The molecule has 0 spiro atoms. The van der Waals surface area contributed by atoms with E-state index in [0.29, 0.717) is 38.3 Å². The molecular weight excluding hydrogens is 548 g/mol. The Morgan fingerprint density at radius 2 is 1.66 bits per heavy atom. The molecule has 168 valence electrons. The summed E-state index contributed by atoms with van der Waals surface area (Å²) in [7, 11) is 3.99. The van der Waals surface area contributed by atoms with Crippen molar-refractivity contribution in [3.63, 3.8) is 0 Å². The first-order valence-electron chi connectivity index (χ1n) is 9.43. The lowest BCUT2D eigenvalue weighted by molar-refractivity contribution is 0.0549. The van der Waals surface area contributed by atoms with Crippen LogP contribution in [-0.2, 0) is 9.47 Å². The van der Waals surface area contributed by atoms with Crippen molar-refractivity contribution in [2.24, 2.45) is 0 Å². The minimum absolute atomic E-state index is 0.0385. The lowest BCUT2D eigenvalue weighted by Crippen LogP contribution is -2.15. The van der Waals surface area contributed by atoms with Gasteiger partial charge in [-0.1, -0.05) is 18.2 Å². The molecule has 0 unspecified atom stereocenters. The third-order valence-corrected chi connectivity index (χ3v) is 6.65. The van der Waals surface area contributed by atoms with E-state index < -0.39 is 11.9 Å². The summed E-state index contributed by atoms with van der Waals surface area (Å²) in [5.74, 6) is -0.566. The maximum atomic E-state index is 12.9. The summed E-state index contributed by atoms with van der Waals surface area (Å²) in [4.78, 5) is 25.6. The Balaban J connectivity index is 2.43. The largest absolute Gasteiger partial charge is 0.492 e. The molecule has 8 nitrogen and oxygen atoms in total. The number of benzene rings is 2. The number of methoxy groups -OCH3 is 3. The molecule has 0 atom stereocenters. The fourth-order valence-corrected chi connectivity index (χ4v) is 4.21. The summed E-state index contributed by atoms with van der Waals surface area (Å²) in [6.07, 6.45) is 0. The topological polar surface area (TPSA) is 88.9 Å². The molecule has 0 fully saturated rings. The number of rotatable bonds is 7. The van der Waals surface area contributed by atoms with E-state index in [-0.39, 0.29) is 17.0 Å². The second-order valence-corrected chi connectivity index (χ2v) is 7.91. The van der Waals surface area contributed by atoms with E-state index >= 15 is 0 Å². The highest BCUT2D eigenvalue weighted by Crippen LogP contribution is 2.47. The highest BCUT2D eigenvalue weighted by atomic mass is 79.9. The number of hydrogen-bond donors (Lipinski definition) is 0. The summed E-state index contributed by atoms with van der Waals surface area (Å²) in [5, 5.41) is 4.62. The molecule has 10 heteroatoms. The number of nitrogens with zero attached hydrogens (tertiary/aromatic N) is 2. The van der Waals surface area contributed by atoms with Crippen LogP contribution in [0.4, 0.5) is 0 Å². The maximum absolute atomic E-state index is 12.9. The average molecular weight is 568 g/mol. The fourth-order valence-electron chi connectivity index (χ4n) is 3.15. The van der Waals surface area contributed by atoms with Crippen molar-refractivity contribution in [3.8, 4) is 28.4 Å². The molecule has 0 radical (unpaired) electrons. The lowest BCUT2D eigenvalue weighted by atomic mass is 10.0. The van der Waals surface area contributed by atoms with E-state index in [9.17, 15) is 9.59 Å². The van der Waals surface area contributed by atoms with Crippen molar-refractivity contribution >= 4 is 43.8 Å². The first-order valence-corrected chi connectivity index (χ1v) is 11.0. The molecule has 0 aliphatic carbocycles. The fraction of sp³-hybridized carbons (Fsp3) is 0.227. The van der Waals surface area contributed by atoms with Crippen LogP contribution in [0.2, 0.25) is 0 Å². The van der Waals surface area contributed by atoms with Gasteiger partial charge in [-0.2, -0.15) is 5.10 Å². The van der Waals surface area contributed by atoms with Gasteiger partial charge >= 0.3 is 11.9 Å². The minimum atomic E-state index is -0.737. The molecule has 0 bridgehead atoms. The van der Waals surface area contributed by atoms with Gasteiger partial charge in [0.1, 0.15) is 11.3 Å². The summed E-state index contributed by atoms with van der Waals surface area (Å²) >= 11 is 7.05. The van der Waals surface area contributed by atoms with Gasteiger partial charge in [0.15, 0.2) is 17.2 Å². The molecule has 0 N–H and O–H groups in total. The molecule has 2 aromatic carbocycles. The molecule has 3 rings (SSSR count). The number of carbonyl (C=O) groups is 2. The molecule has 0 aliphatic heterocycles. The van der Waals surface area contributed by atoms with Crippen LogP contribution in [0, 0.1) is 0 Å². The number of ether oxygens (including phenoxy) is 4. The van der Waals surface area contributed by atoms with Crippen LogP contribution in [0.15, 0.2) is 45.3 Å². The monoisotopic (exact) mass is 566 g/mol. The third-order valence-electron chi connectivity index (χ3n) is 4.54. The van der Waals surface area contributed by atoms with Crippen molar-refractivity contribution in [1.82, 2.24) is 9.78 Å². The molecule has 0 saturated heterocycles. The number of carbonyl (C=O) groups excluding carboxylic acids is 2. The first-order chi connectivity index (χ1) is 15.4. The second kappa shape index (κ2) is 10.2. The number of para-hydroxylation sites is 1. The highest BCUT2D eigenvalue weighted by Gasteiger charge is 2.33. The van der Waals surface area contributed by atoms with Crippen LogP contribution in [-0.4, -0.2) is 49.7 Å². The number of esters is 2. The van der Waals surface area contributed by atoms with Gasteiger partial charge in [0.05, 0.1) is 38.1 Å². The van der Waals surface area contributed by atoms with Crippen LogP contribution in [0.1, 0.15) is 27.8 Å². The molecule has 0 amide bonds. The summed E-state index contributed by atoms with van der Waals surface area (Å²) in [6.45, 7) is 2.23. The lowest BCUT2D eigenvalue weighted by Gasteiger charge is -2.15. The smallest absolute Gasteiger partial charge is 0.357 e. The predicted molar refractivity (Wildman–Crippen MR) is 125 cm³/mol. The molecule has 0 saturated carbocycles. The van der Waals surface area contributed by atoms with Gasteiger partial charge in [-0.25, -0.2) is 14.3 Å². The Bertz CT molecular complexity index is 1160. The van der Waals surface area contributed by atoms with Crippen LogP contribution in [0.5, 0.6) is 11.5 Å². The molecule has 3 aromatic rings. The Hall–Kier alpha value is -2.85. The SMILES string of the molecule is CCOc1cc(-c2nn(-c3ccccc3)c(C(=O)OC)c2C(=O)OC)c(Br)c(Br)c1OC. The first kappa shape index (κ1) is 23.8. The van der Waals surface area contributed by atoms with Gasteiger partial charge in [0, 0.05) is 10.0 Å². The van der Waals surface area contributed by atoms with Crippen LogP contribution in [0.3, 0.4) is 0 Å². The Labute approximate surface area is 201 Å². The molecule has 32 heavy (non-hydrogen) atoms. The second-order valence-electron chi connectivity index (χ2n) is 6.32. The summed E-state index contributed by atoms with van der Waals surface area (Å²) in [5.41, 5.74) is 1.16. The molecular formula is C22H20Br2N2O6. The zero-order valence-corrected chi connectivity index (χ0v) is 20.9. The standard InChI is InChI=1S/C22H20Br2N2O6/c1-5-32-14-11-13(16(23)17(24)20(14)29-2)18-15(21(27)30-3)19(22(28)31-4)26(25-18)12-9-7-6-8-10-12/h6-11H,5H2,1-4H3. The van der Waals surface area contributed by atoms with Crippen LogP contribution in [0.25, 0.3) is 16.9 Å². The van der Waals surface area contributed by atoms with Gasteiger partial charge < -0.3 is 18.9 Å². The third kappa shape index (κ3) is 4.24. The van der Waals surface area contributed by atoms with Gasteiger partial charge in [0.25, 0.3) is 0 Å². The van der Waals surface area contributed by atoms with Crippen molar-refractivity contribution < 1.29 is 28.5 Å². The van der Waals surface area contributed by atoms with Crippen molar-refractivity contribution in [2.75, 3.05) is 27.9 Å². The van der Waals surface area contributed by atoms with Crippen molar-refractivity contribution in [1.29, 1.82) is 0 Å². The number of aromatic nitrogens is 2. The normalized spacial score (nSPS) is 10.6. The van der Waals surface area contributed by atoms with Gasteiger partial charge in [0.2, 0.25) is 0 Å².